The molecule has 1 heterocycles. The van der Waals surface area contributed by atoms with E-state index in [2.05, 4.69) is 10.3 Å². The first kappa shape index (κ1) is 17.1. The standard InChI is InChI=1S/C19H17FN2O2S/c1-11-7-8-13(12(2)9-11)18-16(10-17(23)24)25-19(22-18)21-15-6-4-3-5-14(15)20/h3-9H,10H2,1-2H3,(H,21,22)(H,23,24). The van der Waals surface area contributed by atoms with Crippen molar-refractivity contribution in [2.45, 2.75) is 20.3 Å². The Hall–Kier alpha value is -2.73. The zero-order valence-corrected chi connectivity index (χ0v) is 14.7. The number of aromatic nitrogens is 1. The van der Waals surface area contributed by atoms with E-state index in [1.807, 2.05) is 32.0 Å². The molecule has 0 atom stereocenters. The molecule has 0 saturated heterocycles. The van der Waals surface area contributed by atoms with Gasteiger partial charge in [0.25, 0.3) is 0 Å². The zero-order chi connectivity index (χ0) is 18.0. The minimum Gasteiger partial charge on any atom is -0.481 e. The van der Waals surface area contributed by atoms with Crippen LogP contribution in [0.4, 0.5) is 15.2 Å². The molecule has 128 valence electrons. The lowest BCUT2D eigenvalue weighted by atomic mass is 10.0. The number of nitrogens with one attached hydrogen (secondary N) is 1. The third-order valence-electron chi connectivity index (χ3n) is 3.76. The van der Waals surface area contributed by atoms with Crippen LogP contribution in [0.1, 0.15) is 16.0 Å². The van der Waals surface area contributed by atoms with Crippen molar-refractivity contribution in [1.29, 1.82) is 0 Å². The SMILES string of the molecule is Cc1ccc(-c2nc(Nc3ccccc3F)sc2CC(=O)O)c(C)c1. The molecular weight excluding hydrogens is 339 g/mol. The van der Waals surface area contributed by atoms with Crippen molar-refractivity contribution in [2.75, 3.05) is 5.32 Å². The topological polar surface area (TPSA) is 62.2 Å². The van der Waals surface area contributed by atoms with Crippen LogP contribution < -0.4 is 5.32 Å². The summed E-state index contributed by atoms with van der Waals surface area (Å²) in [6.45, 7) is 3.97. The van der Waals surface area contributed by atoms with E-state index in [0.29, 0.717) is 21.4 Å². The number of carbonyl (C=O) groups is 1. The van der Waals surface area contributed by atoms with Gasteiger partial charge in [-0.2, -0.15) is 0 Å². The van der Waals surface area contributed by atoms with Crippen LogP contribution in [-0.4, -0.2) is 16.1 Å². The van der Waals surface area contributed by atoms with Gasteiger partial charge in [0.05, 0.1) is 17.8 Å². The summed E-state index contributed by atoms with van der Waals surface area (Å²) in [5.74, 6) is -1.31. The second-order valence-corrected chi connectivity index (χ2v) is 6.87. The minimum atomic E-state index is -0.924. The van der Waals surface area contributed by atoms with Gasteiger partial charge >= 0.3 is 5.97 Å². The Morgan fingerprint density at radius 1 is 1.24 bits per heavy atom. The van der Waals surface area contributed by atoms with E-state index < -0.39 is 5.97 Å². The fourth-order valence-electron chi connectivity index (χ4n) is 2.63. The number of anilines is 2. The molecule has 0 bridgehead atoms. The molecule has 0 amide bonds. The molecule has 2 aromatic carbocycles. The van der Waals surface area contributed by atoms with Crippen LogP contribution in [0, 0.1) is 19.7 Å². The van der Waals surface area contributed by atoms with Crippen LogP contribution in [0.25, 0.3) is 11.3 Å². The molecule has 0 saturated carbocycles. The largest absolute Gasteiger partial charge is 0.481 e. The average Bonchev–Trinajstić information content (AvgIpc) is 2.91. The Morgan fingerprint density at radius 2 is 2.00 bits per heavy atom. The molecule has 0 aliphatic carbocycles. The number of hydrogen-bond donors (Lipinski definition) is 2. The fraction of sp³-hybridized carbons (Fsp3) is 0.158. The van der Waals surface area contributed by atoms with Crippen molar-refractivity contribution in [3.8, 4) is 11.3 Å². The molecule has 0 spiro atoms. The van der Waals surface area contributed by atoms with Crippen LogP contribution in [0.5, 0.6) is 0 Å². The highest BCUT2D eigenvalue weighted by Crippen LogP contribution is 2.35. The maximum absolute atomic E-state index is 13.8. The van der Waals surface area contributed by atoms with E-state index in [-0.39, 0.29) is 12.2 Å². The minimum absolute atomic E-state index is 0.126. The Morgan fingerprint density at radius 3 is 2.68 bits per heavy atom. The second-order valence-electron chi connectivity index (χ2n) is 5.78. The number of nitrogens with zero attached hydrogens (tertiary/aromatic N) is 1. The first-order valence-corrected chi connectivity index (χ1v) is 8.56. The van der Waals surface area contributed by atoms with Gasteiger partial charge in [-0.05, 0) is 31.5 Å². The third kappa shape index (κ3) is 3.85. The van der Waals surface area contributed by atoms with Gasteiger partial charge in [0.2, 0.25) is 0 Å². The number of carboxylic acids is 1. The molecule has 1 aromatic heterocycles. The van der Waals surface area contributed by atoms with E-state index in [9.17, 15) is 14.3 Å². The van der Waals surface area contributed by atoms with Gasteiger partial charge in [-0.25, -0.2) is 9.37 Å². The Kier molecular flexibility index (Phi) is 4.81. The highest BCUT2D eigenvalue weighted by Gasteiger charge is 2.18. The van der Waals surface area contributed by atoms with Gasteiger partial charge in [0.1, 0.15) is 5.82 Å². The summed E-state index contributed by atoms with van der Waals surface area (Å²) in [6.07, 6.45) is -0.126. The molecule has 0 unspecified atom stereocenters. The number of aliphatic carboxylic acids is 1. The van der Waals surface area contributed by atoms with Gasteiger partial charge in [0.15, 0.2) is 5.13 Å². The summed E-state index contributed by atoms with van der Waals surface area (Å²) in [4.78, 5) is 16.4. The predicted octanol–water partition coefficient (Wildman–Crippen LogP) is 4.94. The molecule has 0 radical (unpaired) electrons. The van der Waals surface area contributed by atoms with Gasteiger partial charge in [0, 0.05) is 10.4 Å². The van der Waals surface area contributed by atoms with E-state index >= 15 is 0 Å². The number of hydrogen-bond acceptors (Lipinski definition) is 4. The Bertz CT molecular complexity index is 937. The monoisotopic (exact) mass is 356 g/mol. The summed E-state index contributed by atoms with van der Waals surface area (Å²) in [5.41, 5.74) is 3.98. The molecule has 0 aliphatic heterocycles. The smallest absolute Gasteiger partial charge is 0.308 e. The van der Waals surface area contributed by atoms with Gasteiger partial charge in [-0.1, -0.05) is 35.9 Å². The lowest BCUT2D eigenvalue weighted by molar-refractivity contribution is -0.136. The van der Waals surface area contributed by atoms with E-state index in [0.717, 1.165) is 16.7 Å². The third-order valence-corrected chi connectivity index (χ3v) is 4.73. The second kappa shape index (κ2) is 7.03. The molecule has 25 heavy (non-hydrogen) atoms. The van der Waals surface area contributed by atoms with Gasteiger partial charge in [-0.15, -0.1) is 11.3 Å². The quantitative estimate of drug-likeness (QED) is 0.680. The Labute approximate surface area is 149 Å². The maximum Gasteiger partial charge on any atom is 0.308 e. The van der Waals surface area contributed by atoms with Crippen LogP contribution in [0.3, 0.4) is 0 Å². The first-order chi connectivity index (χ1) is 11.9. The molecule has 0 fully saturated rings. The van der Waals surface area contributed by atoms with Crippen molar-refractivity contribution in [2.24, 2.45) is 0 Å². The number of benzene rings is 2. The molecule has 3 aromatic rings. The number of para-hydroxylation sites is 1. The number of aryl methyl sites for hydroxylation is 2. The summed E-state index contributed by atoms with van der Waals surface area (Å²) < 4.78 is 13.8. The lowest BCUT2D eigenvalue weighted by Crippen LogP contribution is -2.00. The van der Waals surface area contributed by atoms with Crippen molar-refractivity contribution < 1.29 is 14.3 Å². The summed E-state index contributed by atoms with van der Waals surface area (Å²) in [5, 5.41) is 12.6. The van der Waals surface area contributed by atoms with E-state index in [1.165, 1.54) is 17.4 Å². The number of rotatable bonds is 5. The van der Waals surface area contributed by atoms with E-state index in [1.54, 1.807) is 18.2 Å². The highest BCUT2D eigenvalue weighted by molar-refractivity contribution is 7.16. The summed E-state index contributed by atoms with van der Waals surface area (Å²) >= 11 is 1.23. The number of thiazole rings is 1. The first-order valence-electron chi connectivity index (χ1n) is 7.74. The van der Waals surface area contributed by atoms with Crippen LogP contribution in [0.2, 0.25) is 0 Å². The normalized spacial score (nSPS) is 10.7. The van der Waals surface area contributed by atoms with Crippen molar-refractivity contribution in [3.05, 3.63) is 64.3 Å². The van der Waals surface area contributed by atoms with Crippen LogP contribution >= 0.6 is 11.3 Å². The van der Waals surface area contributed by atoms with Crippen molar-refractivity contribution in [1.82, 2.24) is 4.98 Å². The number of halogens is 1. The van der Waals surface area contributed by atoms with Crippen LogP contribution in [0.15, 0.2) is 42.5 Å². The molecule has 2 N–H and O–H groups in total. The highest BCUT2D eigenvalue weighted by atomic mass is 32.1. The van der Waals surface area contributed by atoms with Gasteiger partial charge in [-0.3, -0.25) is 4.79 Å². The van der Waals surface area contributed by atoms with E-state index in [4.69, 9.17) is 0 Å². The predicted molar refractivity (Wildman–Crippen MR) is 98.0 cm³/mol. The van der Waals surface area contributed by atoms with Crippen LogP contribution in [-0.2, 0) is 11.2 Å². The van der Waals surface area contributed by atoms with Gasteiger partial charge < -0.3 is 10.4 Å². The zero-order valence-electron chi connectivity index (χ0n) is 13.8. The Balaban J connectivity index is 2.03. The lowest BCUT2D eigenvalue weighted by Gasteiger charge is -2.06. The fourth-order valence-corrected chi connectivity index (χ4v) is 3.61. The molecule has 4 nitrogen and oxygen atoms in total. The average molecular weight is 356 g/mol. The summed E-state index contributed by atoms with van der Waals surface area (Å²) in [6, 6.07) is 12.3. The molecule has 0 aliphatic rings. The maximum atomic E-state index is 13.8. The van der Waals surface area contributed by atoms with Crippen molar-refractivity contribution >= 4 is 28.1 Å². The summed E-state index contributed by atoms with van der Waals surface area (Å²) in [7, 11) is 0. The molecule has 3 rings (SSSR count). The van der Waals surface area contributed by atoms with Crippen molar-refractivity contribution in [3.63, 3.8) is 0 Å². The molecule has 6 heteroatoms. The molecular formula is C19H17FN2O2S. The number of carboxylic acid groups (broad SMARTS) is 1.